The minimum absolute atomic E-state index is 0.138. The SMILES string of the molecule is CC(C)(C)OC(=O)N1C[C@H](C(=O)NCCc2ccc3ccccc3c2)[C@@H](C(=O)NCCc2ccc3ccccc3c2)C1. The number of hydrogen-bond acceptors (Lipinski definition) is 4. The minimum atomic E-state index is -0.672. The molecule has 2 N–H and O–H groups in total. The van der Waals surface area contributed by atoms with Crippen molar-refractivity contribution in [2.75, 3.05) is 26.2 Å². The molecule has 0 saturated carbocycles. The molecule has 0 unspecified atom stereocenters. The molecule has 218 valence electrons. The number of rotatable bonds is 8. The van der Waals surface area contributed by atoms with E-state index < -0.39 is 23.5 Å². The summed E-state index contributed by atoms with van der Waals surface area (Å²) in [5.41, 5.74) is 1.58. The third-order valence-electron chi connectivity index (χ3n) is 7.70. The summed E-state index contributed by atoms with van der Waals surface area (Å²) in [5.74, 6) is -1.77. The first-order valence-electron chi connectivity index (χ1n) is 14.6. The molecule has 7 nitrogen and oxygen atoms in total. The van der Waals surface area contributed by atoms with Crippen LogP contribution in [0.5, 0.6) is 0 Å². The van der Waals surface area contributed by atoms with Crippen LogP contribution in [0.25, 0.3) is 21.5 Å². The maximum atomic E-state index is 13.4. The van der Waals surface area contributed by atoms with Crippen molar-refractivity contribution in [3.05, 3.63) is 96.1 Å². The van der Waals surface area contributed by atoms with E-state index in [2.05, 4.69) is 71.3 Å². The summed E-state index contributed by atoms with van der Waals surface area (Å²) in [6.07, 6.45) is 0.826. The summed E-state index contributed by atoms with van der Waals surface area (Å²) >= 11 is 0. The fourth-order valence-corrected chi connectivity index (χ4v) is 5.52. The molecule has 1 heterocycles. The molecule has 3 amide bonds. The van der Waals surface area contributed by atoms with E-state index in [9.17, 15) is 14.4 Å². The van der Waals surface area contributed by atoms with Crippen LogP contribution in [0, 0.1) is 11.8 Å². The largest absolute Gasteiger partial charge is 0.444 e. The third kappa shape index (κ3) is 7.27. The Labute approximate surface area is 247 Å². The van der Waals surface area contributed by atoms with Crippen LogP contribution in [0.4, 0.5) is 4.79 Å². The molecule has 0 aromatic heterocycles. The summed E-state index contributed by atoms with van der Waals surface area (Å²) in [7, 11) is 0. The standard InChI is InChI=1S/C35H39N3O4/c1-35(2,3)42-34(41)38-22-30(32(39)36-18-16-24-12-14-26-8-4-6-10-28(26)20-24)31(23-38)33(40)37-19-17-25-13-15-27-9-5-7-11-29(27)21-25/h4-15,20-21,30-31H,16-19,22-23H2,1-3H3,(H,36,39)(H,37,40)/t30-,31-/m0/s1. The summed E-state index contributed by atoms with van der Waals surface area (Å²) in [6, 6.07) is 28.9. The maximum absolute atomic E-state index is 13.4. The van der Waals surface area contributed by atoms with Gasteiger partial charge in [-0.25, -0.2) is 4.79 Å². The van der Waals surface area contributed by atoms with E-state index >= 15 is 0 Å². The monoisotopic (exact) mass is 565 g/mol. The Morgan fingerprint density at radius 3 is 1.55 bits per heavy atom. The molecular weight excluding hydrogens is 526 g/mol. The normalized spacial score (nSPS) is 16.9. The van der Waals surface area contributed by atoms with Crippen molar-refractivity contribution in [3.63, 3.8) is 0 Å². The van der Waals surface area contributed by atoms with Gasteiger partial charge in [0.05, 0.1) is 11.8 Å². The molecule has 7 heteroatoms. The van der Waals surface area contributed by atoms with E-state index in [1.165, 1.54) is 15.7 Å². The van der Waals surface area contributed by atoms with Gasteiger partial charge in [-0.05, 0) is 66.3 Å². The van der Waals surface area contributed by atoms with Crippen LogP contribution < -0.4 is 10.6 Å². The molecule has 1 aliphatic heterocycles. The first-order chi connectivity index (χ1) is 20.2. The number of fused-ring (bicyclic) bond motifs is 2. The zero-order valence-electron chi connectivity index (χ0n) is 24.6. The third-order valence-corrected chi connectivity index (χ3v) is 7.70. The zero-order chi connectivity index (χ0) is 29.7. The number of benzene rings is 4. The second-order valence-corrected chi connectivity index (χ2v) is 12.0. The lowest BCUT2D eigenvalue weighted by molar-refractivity contribution is -0.132. The van der Waals surface area contributed by atoms with Gasteiger partial charge >= 0.3 is 6.09 Å². The van der Waals surface area contributed by atoms with Gasteiger partial charge in [-0.3, -0.25) is 9.59 Å². The highest BCUT2D eigenvalue weighted by Crippen LogP contribution is 2.26. The predicted octanol–water partition coefficient (Wildman–Crippen LogP) is 5.49. The Bertz CT molecular complexity index is 1490. The molecule has 0 aliphatic carbocycles. The predicted molar refractivity (Wildman–Crippen MR) is 166 cm³/mol. The molecule has 1 saturated heterocycles. The van der Waals surface area contributed by atoms with Gasteiger partial charge in [0.25, 0.3) is 0 Å². The number of likely N-dealkylation sites (tertiary alicyclic amines) is 1. The number of nitrogens with zero attached hydrogens (tertiary/aromatic N) is 1. The van der Waals surface area contributed by atoms with Crippen molar-refractivity contribution in [2.24, 2.45) is 11.8 Å². The van der Waals surface area contributed by atoms with Crippen LogP contribution in [0.2, 0.25) is 0 Å². The highest BCUT2D eigenvalue weighted by Gasteiger charge is 2.44. The van der Waals surface area contributed by atoms with Crippen molar-refractivity contribution in [2.45, 2.75) is 39.2 Å². The molecule has 1 fully saturated rings. The quantitative estimate of drug-likeness (QED) is 0.296. The number of ether oxygens (including phenoxy) is 1. The van der Waals surface area contributed by atoms with Gasteiger partial charge < -0.3 is 20.3 Å². The topological polar surface area (TPSA) is 87.7 Å². The van der Waals surface area contributed by atoms with Gasteiger partial charge in [0.15, 0.2) is 0 Å². The molecule has 0 spiro atoms. The van der Waals surface area contributed by atoms with Crippen molar-refractivity contribution >= 4 is 39.5 Å². The Morgan fingerprint density at radius 2 is 1.12 bits per heavy atom. The fraction of sp³-hybridized carbons (Fsp3) is 0.343. The van der Waals surface area contributed by atoms with Crippen LogP contribution in [0.15, 0.2) is 84.9 Å². The van der Waals surface area contributed by atoms with Crippen molar-refractivity contribution in [1.29, 1.82) is 0 Å². The first-order valence-corrected chi connectivity index (χ1v) is 14.6. The zero-order valence-corrected chi connectivity index (χ0v) is 24.6. The number of carbonyl (C=O) groups excluding carboxylic acids is 3. The molecule has 2 atom stereocenters. The van der Waals surface area contributed by atoms with E-state index in [0.29, 0.717) is 25.9 Å². The van der Waals surface area contributed by atoms with Gasteiger partial charge in [-0.1, -0.05) is 84.9 Å². The second-order valence-electron chi connectivity index (χ2n) is 12.0. The van der Waals surface area contributed by atoms with Crippen molar-refractivity contribution in [1.82, 2.24) is 15.5 Å². The highest BCUT2D eigenvalue weighted by atomic mass is 16.6. The number of amides is 3. The van der Waals surface area contributed by atoms with Crippen LogP contribution in [0.1, 0.15) is 31.9 Å². The Balaban J connectivity index is 1.20. The van der Waals surface area contributed by atoms with Crippen molar-refractivity contribution in [3.8, 4) is 0 Å². The summed E-state index contributed by atoms with van der Waals surface area (Å²) in [6.45, 7) is 6.56. The molecule has 42 heavy (non-hydrogen) atoms. The Hall–Kier alpha value is -4.39. The Kier molecular flexibility index (Phi) is 8.76. The van der Waals surface area contributed by atoms with Gasteiger partial charge in [0.2, 0.25) is 11.8 Å². The first kappa shape index (κ1) is 29.1. The smallest absolute Gasteiger partial charge is 0.410 e. The van der Waals surface area contributed by atoms with Gasteiger partial charge in [-0.15, -0.1) is 0 Å². The molecule has 4 aromatic carbocycles. The van der Waals surface area contributed by atoms with E-state index in [4.69, 9.17) is 4.74 Å². The second kappa shape index (κ2) is 12.6. The molecule has 0 bridgehead atoms. The van der Waals surface area contributed by atoms with Crippen LogP contribution in [-0.4, -0.2) is 54.6 Å². The molecule has 5 rings (SSSR count). The summed E-state index contributed by atoms with van der Waals surface area (Å²) in [5, 5.41) is 10.7. The lowest BCUT2D eigenvalue weighted by Crippen LogP contribution is -2.42. The number of carbonyl (C=O) groups is 3. The fourth-order valence-electron chi connectivity index (χ4n) is 5.52. The summed E-state index contributed by atoms with van der Waals surface area (Å²) < 4.78 is 5.55. The molecule has 4 aromatic rings. The van der Waals surface area contributed by atoms with E-state index in [0.717, 1.165) is 21.9 Å². The Morgan fingerprint density at radius 1 is 0.690 bits per heavy atom. The van der Waals surface area contributed by atoms with Gasteiger partial charge in [0, 0.05) is 26.2 Å². The molecule has 0 radical (unpaired) electrons. The van der Waals surface area contributed by atoms with Crippen LogP contribution in [0.3, 0.4) is 0 Å². The van der Waals surface area contributed by atoms with E-state index in [1.54, 1.807) is 20.8 Å². The van der Waals surface area contributed by atoms with Crippen LogP contribution >= 0.6 is 0 Å². The van der Waals surface area contributed by atoms with Gasteiger partial charge in [0.1, 0.15) is 5.60 Å². The number of hydrogen-bond donors (Lipinski definition) is 2. The summed E-state index contributed by atoms with van der Waals surface area (Å²) in [4.78, 5) is 41.1. The molecule has 1 aliphatic rings. The van der Waals surface area contributed by atoms with Crippen LogP contribution in [-0.2, 0) is 27.2 Å². The van der Waals surface area contributed by atoms with Gasteiger partial charge in [-0.2, -0.15) is 0 Å². The lowest BCUT2D eigenvalue weighted by Gasteiger charge is -2.24. The number of nitrogens with one attached hydrogen (secondary N) is 2. The highest BCUT2D eigenvalue weighted by molar-refractivity contribution is 5.90. The lowest BCUT2D eigenvalue weighted by atomic mass is 9.94. The van der Waals surface area contributed by atoms with Crippen molar-refractivity contribution < 1.29 is 19.1 Å². The minimum Gasteiger partial charge on any atom is -0.444 e. The van der Waals surface area contributed by atoms with E-state index in [-0.39, 0.29) is 24.9 Å². The average Bonchev–Trinajstić information content (AvgIpc) is 3.42. The maximum Gasteiger partial charge on any atom is 0.410 e. The van der Waals surface area contributed by atoms with E-state index in [1.807, 2.05) is 24.3 Å². The average molecular weight is 566 g/mol. The molecular formula is C35H39N3O4.